The van der Waals surface area contributed by atoms with Gasteiger partial charge in [-0.05, 0) is 78.7 Å². The number of hydrogen-bond acceptors (Lipinski definition) is 4. The molecule has 0 amide bonds. The van der Waals surface area contributed by atoms with Crippen molar-refractivity contribution in [2.45, 2.75) is 32.7 Å². The number of fused-ring (bicyclic) bond motifs is 1. The third-order valence-electron chi connectivity index (χ3n) is 6.38. The van der Waals surface area contributed by atoms with Gasteiger partial charge in [0, 0.05) is 34.4 Å². The number of aromatic hydroxyl groups is 2. The third kappa shape index (κ3) is 4.36. The molecule has 0 radical (unpaired) electrons. The van der Waals surface area contributed by atoms with Gasteiger partial charge in [-0.15, -0.1) is 0 Å². The Morgan fingerprint density at radius 3 is 2.45 bits per heavy atom. The zero-order valence-corrected chi connectivity index (χ0v) is 18.6. The summed E-state index contributed by atoms with van der Waals surface area (Å²) in [5.41, 5.74) is 2.51. The summed E-state index contributed by atoms with van der Waals surface area (Å²) in [5, 5.41) is 20.0. The van der Waals surface area contributed by atoms with Crippen molar-refractivity contribution in [3.8, 4) is 17.2 Å². The average Bonchev–Trinajstić information content (AvgIpc) is 2.83. The van der Waals surface area contributed by atoms with Crippen LogP contribution in [0.25, 0.3) is 11.1 Å². The van der Waals surface area contributed by atoms with Gasteiger partial charge in [-0.25, -0.2) is 0 Å². The van der Waals surface area contributed by atoms with Gasteiger partial charge in [0.15, 0.2) is 0 Å². The van der Waals surface area contributed by atoms with Gasteiger partial charge >= 0.3 is 0 Å². The molecule has 2 aliphatic heterocycles. The van der Waals surface area contributed by atoms with Crippen molar-refractivity contribution in [2.24, 2.45) is 5.92 Å². The van der Waals surface area contributed by atoms with E-state index in [-0.39, 0.29) is 34.9 Å². The van der Waals surface area contributed by atoms with Crippen LogP contribution in [0, 0.1) is 5.92 Å². The minimum absolute atomic E-state index is 0.0446. The van der Waals surface area contributed by atoms with Crippen LogP contribution in [0.1, 0.15) is 55.4 Å². The molecule has 1 unspecified atom stereocenters. The van der Waals surface area contributed by atoms with E-state index >= 15 is 0 Å². The Balaban J connectivity index is 1.61. The molecule has 0 bridgehead atoms. The van der Waals surface area contributed by atoms with E-state index in [4.69, 9.17) is 11.6 Å². The Bertz CT molecular complexity index is 1350. The van der Waals surface area contributed by atoms with Crippen LogP contribution in [0.5, 0.6) is 17.2 Å². The lowest BCUT2D eigenvalue weighted by Gasteiger charge is -2.39. The van der Waals surface area contributed by atoms with Crippen LogP contribution in [0.4, 0.5) is 0 Å². The maximum absolute atomic E-state index is 10.1. The predicted octanol–water partition coefficient (Wildman–Crippen LogP) is 6.05. The van der Waals surface area contributed by atoms with Gasteiger partial charge in [0.05, 0.1) is 2.74 Å². The number of ether oxygens (including phenoxy) is 1. The molecule has 4 nitrogen and oxygen atoms in total. The fourth-order valence-corrected chi connectivity index (χ4v) is 4.74. The molecular weight excluding hydrogens is 410 g/mol. The summed E-state index contributed by atoms with van der Waals surface area (Å²) in [7, 11) is 0. The quantitative estimate of drug-likeness (QED) is 0.484. The highest BCUT2D eigenvalue weighted by molar-refractivity contribution is 5.95. The van der Waals surface area contributed by atoms with Gasteiger partial charge in [-0.3, -0.25) is 0 Å². The molecular formula is C29H31NO3. The van der Waals surface area contributed by atoms with Crippen LogP contribution in [-0.4, -0.2) is 34.7 Å². The van der Waals surface area contributed by atoms with Crippen LogP contribution >= 0.6 is 0 Å². The van der Waals surface area contributed by atoms with Crippen molar-refractivity contribution in [2.75, 3.05) is 19.6 Å². The Labute approximate surface area is 202 Å². The summed E-state index contributed by atoms with van der Waals surface area (Å²) in [5.74, 6) is 0.617. The van der Waals surface area contributed by atoms with Gasteiger partial charge < -0.3 is 19.8 Å². The van der Waals surface area contributed by atoms with Crippen LogP contribution < -0.4 is 4.74 Å². The molecule has 0 aromatic heterocycles. The Kier molecular flexibility index (Phi) is 4.44. The third-order valence-corrected chi connectivity index (χ3v) is 6.38. The zero-order valence-electron chi connectivity index (χ0n) is 23.6. The largest absolute Gasteiger partial charge is 0.508 e. The van der Waals surface area contributed by atoms with Crippen molar-refractivity contribution >= 4 is 11.1 Å². The fraction of sp³-hybridized carbons (Fsp3) is 0.310. The number of nitrogens with zero attached hydrogens (tertiary/aromatic N) is 1. The maximum atomic E-state index is 10.1. The van der Waals surface area contributed by atoms with Crippen molar-refractivity contribution in [1.82, 2.24) is 4.90 Å². The number of rotatable bonds is 6. The Morgan fingerprint density at radius 2 is 1.76 bits per heavy atom. The highest BCUT2D eigenvalue weighted by Crippen LogP contribution is 2.47. The molecule has 0 aliphatic carbocycles. The molecule has 4 heteroatoms. The normalized spacial score (nSPS) is 21.1. The van der Waals surface area contributed by atoms with E-state index in [1.165, 1.54) is 30.3 Å². The van der Waals surface area contributed by atoms with Crippen LogP contribution in [0.3, 0.4) is 0 Å². The van der Waals surface area contributed by atoms with Gasteiger partial charge in [0.25, 0.3) is 0 Å². The van der Waals surface area contributed by atoms with E-state index in [0.717, 1.165) is 26.1 Å². The highest BCUT2D eigenvalue weighted by atomic mass is 16.5. The highest BCUT2D eigenvalue weighted by Gasteiger charge is 2.30. The maximum Gasteiger partial charge on any atom is 0.150 e. The summed E-state index contributed by atoms with van der Waals surface area (Å²) < 4.78 is 49.0. The molecule has 1 saturated heterocycles. The van der Waals surface area contributed by atoms with Gasteiger partial charge in [0.2, 0.25) is 0 Å². The molecule has 0 saturated carbocycles. The first-order valence-corrected chi connectivity index (χ1v) is 11.4. The second-order valence-corrected chi connectivity index (χ2v) is 8.90. The molecule has 2 aliphatic rings. The second-order valence-electron chi connectivity index (χ2n) is 8.90. The molecule has 170 valence electrons. The van der Waals surface area contributed by atoms with E-state index in [1.807, 2.05) is 0 Å². The van der Waals surface area contributed by atoms with Crippen molar-refractivity contribution in [3.05, 3.63) is 88.9 Å². The van der Waals surface area contributed by atoms with Crippen LogP contribution in [-0.2, 0) is 6.42 Å². The Hall–Kier alpha value is -3.24. The van der Waals surface area contributed by atoms with Crippen LogP contribution in [0.15, 0.2) is 66.7 Å². The molecule has 2 N–H and O–H groups in total. The molecule has 1 fully saturated rings. The monoisotopic (exact) mass is 446 g/mol. The lowest BCUT2D eigenvalue weighted by Crippen LogP contribution is -2.47. The predicted molar refractivity (Wildman–Crippen MR) is 132 cm³/mol. The smallest absolute Gasteiger partial charge is 0.150 e. The van der Waals surface area contributed by atoms with E-state index in [1.54, 1.807) is 24.3 Å². The number of allylic oxidation sites excluding steroid dienone is 1. The molecule has 3 aromatic carbocycles. The minimum atomic E-state index is -2.52. The number of hydrogen-bond donors (Lipinski definition) is 2. The summed E-state index contributed by atoms with van der Waals surface area (Å²) >= 11 is 0. The Morgan fingerprint density at radius 1 is 1.03 bits per heavy atom. The van der Waals surface area contributed by atoms with E-state index in [0.29, 0.717) is 40.2 Å². The topological polar surface area (TPSA) is 52.9 Å². The summed E-state index contributed by atoms with van der Waals surface area (Å²) in [4.78, 5) is 2.38. The van der Waals surface area contributed by atoms with Crippen molar-refractivity contribution < 1.29 is 21.8 Å². The van der Waals surface area contributed by atoms with Crippen LogP contribution in [0.2, 0.25) is 0 Å². The van der Waals surface area contributed by atoms with E-state index in [2.05, 4.69) is 11.8 Å². The first-order valence-electron chi connectivity index (χ1n) is 13.9. The number of phenolic OH excluding ortho intramolecular Hbond substituents is 2. The molecule has 33 heavy (non-hydrogen) atoms. The lowest BCUT2D eigenvalue weighted by atomic mass is 9.85. The summed E-state index contributed by atoms with van der Waals surface area (Å²) in [6, 6.07) is 14.3. The lowest BCUT2D eigenvalue weighted by molar-refractivity contribution is 0.101. The number of likely N-dealkylation sites (tertiary alicyclic amines) is 1. The zero-order chi connectivity index (χ0) is 27.2. The standard InChI is InChI=1S/C29H31NO3/c1-3-14-30-17-21(18-30)15-20-4-6-23(7-5-20)29-28(22-8-10-24(31)11-9-22)19(2)26-13-12-25(32)16-27(26)33-29/h4-13,16,21,29,31-32H,3,14-15,17-18H2,1-2H3/i2D3,4D,5D. The van der Waals surface area contributed by atoms with Gasteiger partial charge in [0.1, 0.15) is 23.4 Å². The van der Waals surface area contributed by atoms with Gasteiger partial charge in [-0.2, -0.15) is 0 Å². The first kappa shape index (κ1) is 16.4. The number of phenols is 2. The molecule has 2 heterocycles. The van der Waals surface area contributed by atoms with Gasteiger partial charge in [-0.1, -0.05) is 43.3 Å². The molecule has 1 atom stereocenters. The molecule has 3 aromatic rings. The van der Waals surface area contributed by atoms with Crippen molar-refractivity contribution in [1.29, 1.82) is 0 Å². The van der Waals surface area contributed by atoms with E-state index in [9.17, 15) is 10.2 Å². The summed E-state index contributed by atoms with van der Waals surface area (Å²) in [6.07, 6.45) is 0.823. The average molecular weight is 447 g/mol. The minimum Gasteiger partial charge on any atom is -0.508 e. The van der Waals surface area contributed by atoms with E-state index < -0.39 is 13.0 Å². The second kappa shape index (κ2) is 8.95. The number of benzene rings is 3. The SMILES string of the molecule is [2H]c1cc(C2Oc3cc(O)ccc3C(C([2H])([2H])[2H])=C2c2ccc(O)cc2)cc([2H])c1CC1CN(CCC)C1. The first-order chi connectivity index (χ1) is 18.0. The fourth-order valence-electron chi connectivity index (χ4n) is 4.74. The molecule has 0 spiro atoms. The van der Waals surface area contributed by atoms with Crippen molar-refractivity contribution in [3.63, 3.8) is 0 Å². The molecule has 5 rings (SSSR count). The summed E-state index contributed by atoms with van der Waals surface area (Å²) in [6.45, 7) is 2.63.